The second-order valence-electron chi connectivity index (χ2n) is 4.50. The van der Waals surface area contributed by atoms with Gasteiger partial charge in [0, 0.05) is 24.3 Å². The van der Waals surface area contributed by atoms with E-state index < -0.39 is 0 Å². The molecule has 5 nitrogen and oxygen atoms in total. The van der Waals surface area contributed by atoms with Gasteiger partial charge in [-0.2, -0.15) is 0 Å². The van der Waals surface area contributed by atoms with Gasteiger partial charge in [0.05, 0.1) is 12.4 Å². The van der Waals surface area contributed by atoms with Crippen molar-refractivity contribution in [2.75, 3.05) is 6.54 Å². The summed E-state index contributed by atoms with van der Waals surface area (Å²) in [6.07, 6.45) is 3.28. The second-order valence-corrected chi connectivity index (χ2v) is 4.91. The van der Waals surface area contributed by atoms with Crippen LogP contribution < -0.4 is 11.1 Å². The highest BCUT2D eigenvalue weighted by Gasteiger charge is 2.15. The molecule has 1 heterocycles. The van der Waals surface area contributed by atoms with E-state index in [0.717, 1.165) is 5.56 Å². The van der Waals surface area contributed by atoms with Gasteiger partial charge in [0.1, 0.15) is 5.69 Å². The van der Waals surface area contributed by atoms with Crippen molar-refractivity contribution in [2.45, 2.75) is 19.5 Å². The Morgan fingerprint density at radius 1 is 1.50 bits per heavy atom. The molecule has 0 saturated heterocycles. The number of nitrogens with two attached hydrogens (primary N) is 1. The number of nitrogens with one attached hydrogen (secondary N) is 1. The highest BCUT2D eigenvalue weighted by Crippen LogP contribution is 2.22. The maximum Gasteiger partial charge on any atom is 0.271 e. The van der Waals surface area contributed by atoms with E-state index in [-0.39, 0.29) is 11.9 Å². The van der Waals surface area contributed by atoms with Crippen molar-refractivity contribution in [3.8, 4) is 0 Å². The third-order valence-electron chi connectivity index (χ3n) is 2.97. The van der Waals surface area contributed by atoms with Crippen LogP contribution in [0.2, 0.25) is 5.02 Å². The third-order valence-corrected chi connectivity index (χ3v) is 3.32. The first-order valence-corrected chi connectivity index (χ1v) is 6.76. The number of amides is 1. The third kappa shape index (κ3) is 3.37. The highest BCUT2D eigenvalue weighted by atomic mass is 35.5. The number of carbonyl (C=O) groups excluding carboxylic acids is 1. The van der Waals surface area contributed by atoms with Crippen LogP contribution in [0.4, 0.5) is 0 Å². The van der Waals surface area contributed by atoms with Crippen molar-refractivity contribution >= 4 is 17.5 Å². The first kappa shape index (κ1) is 14.6. The summed E-state index contributed by atoms with van der Waals surface area (Å²) in [6.45, 7) is 3.03. The minimum atomic E-state index is -0.229. The Morgan fingerprint density at radius 2 is 2.25 bits per heavy atom. The number of carbonyl (C=O) groups is 1. The Balaban J connectivity index is 2.05. The topological polar surface area (TPSA) is 72.9 Å². The van der Waals surface area contributed by atoms with Gasteiger partial charge in [0.2, 0.25) is 0 Å². The Morgan fingerprint density at radius 3 is 2.95 bits per heavy atom. The lowest BCUT2D eigenvalue weighted by atomic mass is 10.1. The first-order chi connectivity index (χ1) is 9.61. The molecule has 1 atom stereocenters. The molecule has 2 rings (SSSR count). The van der Waals surface area contributed by atoms with Crippen LogP contribution in [0.5, 0.6) is 0 Å². The van der Waals surface area contributed by atoms with Crippen molar-refractivity contribution in [3.05, 3.63) is 53.1 Å². The van der Waals surface area contributed by atoms with Crippen LogP contribution in [0.25, 0.3) is 0 Å². The maximum atomic E-state index is 12.1. The van der Waals surface area contributed by atoms with Crippen LogP contribution in [-0.2, 0) is 6.54 Å². The average molecular weight is 293 g/mol. The number of hydrogen-bond acceptors (Lipinski definition) is 3. The lowest BCUT2D eigenvalue weighted by Gasteiger charge is -2.14. The molecule has 0 fully saturated rings. The Hall–Kier alpha value is -1.85. The van der Waals surface area contributed by atoms with Crippen LogP contribution in [0.3, 0.4) is 0 Å². The lowest BCUT2D eigenvalue weighted by molar-refractivity contribution is 0.0935. The van der Waals surface area contributed by atoms with Crippen molar-refractivity contribution in [3.63, 3.8) is 0 Å². The Kier molecular flexibility index (Phi) is 4.76. The largest absolute Gasteiger partial charge is 0.344 e. The smallest absolute Gasteiger partial charge is 0.271 e. The predicted octanol–water partition coefficient (Wildman–Crippen LogP) is 1.99. The Bertz CT molecular complexity index is 596. The van der Waals surface area contributed by atoms with E-state index >= 15 is 0 Å². The SMILES string of the molecule is C[C@H](NC(=O)c1cn(CCN)cn1)c1ccccc1Cl. The summed E-state index contributed by atoms with van der Waals surface area (Å²) in [5, 5.41) is 3.51. The van der Waals surface area contributed by atoms with Gasteiger partial charge < -0.3 is 15.6 Å². The predicted molar refractivity (Wildman–Crippen MR) is 78.6 cm³/mol. The fraction of sp³-hybridized carbons (Fsp3) is 0.286. The van der Waals surface area contributed by atoms with Crippen molar-refractivity contribution in [1.82, 2.24) is 14.9 Å². The molecule has 0 radical (unpaired) electrons. The molecule has 1 aromatic carbocycles. The minimum Gasteiger partial charge on any atom is -0.344 e. The van der Waals surface area contributed by atoms with E-state index in [2.05, 4.69) is 10.3 Å². The van der Waals surface area contributed by atoms with Gasteiger partial charge in [-0.15, -0.1) is 0 Å². The monoisotopic (exact) mass is 292 g/mol. The number of imidazole rings is 1. The summed E-state index contributed by atoms with van der Waals surface area (Å²) in [5.74, 6) is -0.229. The zero-order valence-corrected chi connectivity index (χ0v) is 12.0. The summed E-state index contributed by atoms with van der Waals surface area (Å²) in [4.78, 5) is 16.2. The van der Waals surface area contributed by atoms with Crippen LogP contribution in [0.1, 0.15) is 29.0 Å². The molecule has 0 aliphatic rings. The quantitative estimate of drug-likeness (QED) is 0.885. The molecule has 2 aromatic rings. The molecule has 1 aromatic heterocycles. The fourth-order valence-electron chi connectivity index (χ4n) is 1.92. The number of rotatable bonds is 5. The summed E-state index contributed by atoms with van der Waals surface area (Å²) < 4.78 is 1.79. The Labute approximate surface area is 122 Å². The molecule has 106 valence electrons. The van der Waals surface area contributed by atoms with Crippen molar-refractivity contribution in [1.29, 1.82) is 0 Å². The van der Waals surface area contributed by atoms with Crippen LogP contribution in [0, 0.1) is 0 Å². The lowest BCUT2D eigenvalue weighted by Crippen LogP contribution is -2.27. The molecular weight excluding hydrogens is 276 g/mol. The van der Waals surface area contributed by atoms with Crippen LogP contribution in [-0.4, -0.2) is 22.0 Å². The van der Waals surface area contributed by atoms with Gasteiger partial charge in [-0.3, -0.25) is 4.79 Å². The summed E-state index contributed by atoms with van der Waals surface area (Å²) >= 11 is 6.11. The molecule has 0 unspecified atom stereocenters. The molecule has 0 spiro atoms. The summed E-state index contributed by atoms with van der Waals surface area (Å²) in [6, 6.07) is 7.25. The summed E-state index contributed by atoms with van der Waals surface area (Å²) in [5.41, 5.74) is 6.71. The minimum absolute atomic E-state index is 0.184. The zero-order chi connectivity index (χ0) is 14.5. The molecule has 3 N–H and O–H groups in total. The second kappa shape index (κ2) is 6.54. The van der Waals surface area contributed by atoms with E-state index in [1.165, 1.54) is 0 Å². The zero-order valence-electron chi connectivity index (χ0n) is 11.2. The number of nitrogens with zero attached hydrogens (tertiary/aromatic N) is 2. The molecule has 1 amide bonds. The highest BCUT2D eigenvalue weighted by molar-refractivity contribution is 6.31. The van der Waals surface area contributed by atoms with E-state index in [4.69, 9.17) is 17.3 Å². The van der Waals surface area contributed by atoms with Gasteiger partial charge >= 0.3 is 0 Å². The van der Waals surface area contributed by atoms with Gasteiger partial charge in [0.15, 0.2) is 0 Å². The molecular formula is C14H17ClN4O. The van der Waals surface area contributed by atoms with E-state index in [9.17, 15) is 4.79 Å². The van der Waals surface area contributed by atoms with E-state index in [1.54, 1.807) is 23.2 Å². The molecule has 6 heteroatoms. The van der Waals surface area contributed by atoms with Crippen molar-refractivity contribution < 1.29 is 4.79 Å². The van der Waals surface area contributed by atoms with Crippen molar-refractivity contribution in [2.24, 2.45) is 5.73 Å². The van der Waals surface area contributed by atoms with E-state index in [0.29, 0.717) is 23.8 Å². The van der Waals surface area contributed by atoms with Gasteiger partial charge in [-0.05, 0) is 18.6 Å². The number of benzene rings is 1. The van der Waals surface area contributed by atoms with Crippen LogP contribution in [0.15, 0.2) is 36.8 Å². The van der Waals surface area contributed by atoms with Crippen LogP contribution >= 0.6 is 11.6 Å². The summed E-state index contributed by atoms with van der Waals surface area (Å²) in [7, 11) is 0. The number of hydrogen-bond donors (Lipinski definition) is 2. The number of halogens is 1. The van der Waals surface area contributed by atoms with Gasteiger partial charge in [-0.25, -0.2) is 4.98 Å². The molecule has 0 aliphatic heterocycles. The molecule has 0 saturated carbocycles. The van der Waals surface area contributed by atoms with E-state index in [1.807, 2.05) is 25.1 Å². The molecule has 0 bridgehead atoms. The van der Waals surface area contributed by atoms with Gasteiger partial charge in [0.25, 0.3) is 5.91 Å². The van der Waals surface area contributed by atoms with Gasteiger partial charge in [-0.1, -0.05) is 29.8 Å². The normalized spacial score (nSPS) is 12.2. The fourth-order valence-corrected chi connectivity index (χ4v) is 2.22. The first-order valence-electron chi connectivity index (χ1n) is 6.39. The maximum absolute atomic E-state index is 12.1. The average Bonchev–Trinajstić information content (AvgIpc) is 2.88. The standard InChI is InChI=1S/C14H17ClN4O/c1-10(11-4-2-3-5-12(11)15)18-14(20)13-8-19(7-6-16)9-17-13/h2-5,8-10H,6-7,16H2,1H3,(H,18,20)/t10-/m0/s1. The molecule has 0 aliphatic carbocycles. The molecule has 20 heavy (non-hydrogen) atoms. The number of aromatic nitrogens is 2.